The number of carbonyl (C=O) groups excluding carboxylic acids is 2. The van der Waals surface area contributed by atoms with Crippen LogP contribution < -0.4 is 5.32 Å². The summed E-state index contributed by atoms with van der Waals surface area (Å²) in [6, 6.07) is 26.1. The minimum absolute atomic E-state index is 0.0594. The van der Waals surface area contributed by atoms with E-state index in [1.165, 1.54) is 12.2 Å². The Morgan fingerprint density at radius 2 is 1.30 bits per heavy atom. The highest BCUT2D eigenvalue weighted by molar-refractivity contribution is 6.07. The van der Waals surface area contributed by atoms with Gasteiger partial charge in [-0.05, 0) is 35.4 Å². The zero-order valence-corrected chi connectivity index (χ0v) is 14.7. The van der Waals surface area contributed by atoms with Crippen LogP contribution in [0, 0.1) is 0 Å². The van der Waals surface area contributed by atoms with Gasteiger partial charge in [0, 0.05) is 17.3 Å². The summed E-state index contributed by atoms with van der Waals surface area (Å²) >= 11 is 0. The number of hydrogen-bond acceptors (Lipinski definition) is 2. The lowest BCUT2D eigenvalue weighted by molar-refractivity contribution is -0.111. The second-order valence-electron chi connectivity index (χ2n) is 5.92. The molecule has 3 aromatic carbocycles. The second kappa shape index (κ2) is 9.11. The minimum Gasteiger partial charge on any atom is -0.322 e. The van der Waals surface area contributed by atoms with Gasteiger partial charge in [0.2, 0.25) is 5.91 Å². The van der Waals surface area contributed by atoms with E-state index in [9.17, 15) is 9.59 Å². The van der Waals surface area contributed by atoms with Gasteiger partial charge in [-0.3, -0.25) is 9.59 Å². The summed E-state index contributed by atoms with van der Waals surface area (Å²) < 4.78 is 0. The average Bonchev–Trinajstić information content (AvgIpc) is 2.72. The van der Waals surface area contributed by atoms with Crippen LogP contribution in [-0.2, 0) is 4.79 Å². The molecule has 0 aromatic heterocycles. The molecule has 1 N–H and O–H groups in total. The van der Waals surface area contributed by atoms with Gasteiger partial charge < -0.3 is 5.32 Å². The lowest BCUT2D eigenvalue weighted by atomic mass is 10.1. The third-order valence-electron chi connectivity index (χ3n) is 3.87. The quantitative estimate of drug-likeness (QED) is 0.487. The SMILES string of the molecule is O=C(/C=C/c1ccccc1)Nc1cccc(/C=C/C(=O)c2ccccc2)c1. The molecule has 0 saturated heterocycles. The van der Waals surface area contributed by atoms with Crippen molar-refractivity contribution in [1.82, 2.24) is 0 Å². The van der Waals surface area contributed by atoms with Crippen molar-refractivity contribution < 1.29 is 9.59 Å². The Morgan fingerprint density at radius 1 is 0.667 bits per heavy atom. The van der Waals surface area contributed by atoms with Crippen molar-refractivity contribution in [2.24, 2.45) is 0 Å². The summed E-state index contributed by atoms with van der Waals surface area (Å²) in [6.07, 6.45) is 6.53. The largest absolute Gasteiger partial charge is 0.322 e. The third kappa shape index (κ3) is 5.65. The number of benzene rings is 3. The highest BCUT2D eigenvalue weighted by Gasteiger charge is 2.01. The predicted molar refractivity (Wildman–Crippen MR) is 110 cm³/mol. The van der Waals surface area contributed by atoms with Gasteiger partial charge >= 0.3 is 0 Å². The Balaban J connectivity index is 1.63. The summed E-state index contributed by atoms with van der Waals surface area (Å²) in [7, 11) is 0. The molecule has 3 rings (SSSR count). The molecular weight excluding hydrogens is 334 g/mol. The van der Waals surface area contributed by atoms with Crippen molar-refractivity contribution in [3.63, 3.8) is 0 Å². The highest BCUT2D eigenvalue weighted by atomic mass is 16.1. The van der Waals surface area contributed by atoms with Crippen molar-refractivity contribution in [1.29, 1.82) is 0 Å². The molecule has 3 heteroatoms. The van der Waals surface area contributed by atoms with Gasteiger partial charge in [-0.15, -0.1) is 0 Å². The van der Waals surface area contributed by atoms with E-state index >= 15 is 0 Å². The zero-order valence-electron chi connectivity index (χ0n) is 14.7. The zero-order chi connectivity index (χ0) is 18.9. The molecule has 27 heavy (non-hydrogen) atoms. The Morgan fingerprint density at radius 3 is 2.04 bits per heavy atom. The Kier molecular flexibility index (Phi) is 6.10. The molecule has 0 spiro atoms. The van der Waals surface area contributed by atoms with Crippen LogP contribution in [0.4, 0.5) is 5.69 Å². The molecule has 0 saturated carbocycles. The fraction of sp³-hybridized carbons (Fsp3) is 0. The maximum Gasteiger partial charge on any atom is 0.248 e. The van der Waals surface area contributed by atoms with E-state index in [0.717, 1.165) is 11.1 Å². The third-order valence-corrected chi connectivity index (χ3v) is 3.87. The lowest BCUT2D eigenvalue weighted by Gasteiger charge is -2.03. The van der Waals surface area contributed by atoms with E-state index in [2.05, 4.69) is 5.32 Å². The van der Waals surface area contributed by atoms with Gasteiger partial charge in [-0.25, -0.2) is 0 Å². The molecule has 0 aliphatic rings. The molecule has 0 aliphatic heterocycles. The van der Waals surface area contributed by atoms with Gasteiger partial charge in [0.15, 0.2) is 5.78 Å². The van der Waals surface area contributed by atoms with Crippen LogP contribution in [0.3, 0.4) is 0 Å². The maximum atomic E-state index is 12.1. The first-order valence-corrected chi connectivity index (χ1v) is 8.62. The maximum absolute atomic E-state index is 12.1. The fourth-order valence-electron chi connectivity index (χ4n) is 2.51. The van der Waals surface area contributed by atoms with Gasteiger partial charge in [0.1, 0.15) is 0 Å². The number of anilines is 1. The highest BCUT2D eigenvalue weighted by Crippen LogP contribution is 2.13. The first kappa shape index (κ1) is 18.1. The van der Waals surface area contributed by atoms with Crippen LogP contribution in [0.15, 0.2) is 97.1 Å². The average molecular weight is 353 g/mol. The first-order valence-electron chi connectivity index (χ1n) is 8.62. The van der Waals surface area contributed by atoms with E-state index in [1.54, 1.807) is 24.3 Å². The smallest absolute Gasteiger partial charge is 0.248 e. The molecule has 0 aliphatic carbocycles. The van der Waals surface area contributed by atoms with Crippen LogP contribution in [-0.4, -0.2) is 11.7 Å². The second-order valence-corrected chi connectivity index (χ2v) is 5.92. The summed E-state index contributed by atoms with van der Waals surface area (Å²) in [5.41, 5.74) is 3.11. The van der Waals surface area contributed by atoms with E-state index in [0.29, 0.717) is 11.3 Å². The van der Waals surface area contributed by atoms with Crippen molar-refractivity contribution >= 4 is 29.5 Å². The van der Waals surface area contributed by atoms with Crippen LogP contribution >= 0.6 is 0 Å². The fourth-order valence-corrected chi connectivity index (χ4v) is 2.51. The molecule has 3 aromatic rings. The Labute approximate surface area is 158 Å². The molecule has 0 radical (unpaired) electrons. The van der Waals surface area contributed by atoms with Crippen molar-refractivity contribution in [3.05, 3.63) is 114 Å². The van der Waals surface area contributed by atoms with E-state index in [-0.39, 0.29) is 11.7 Å². The summed E-state index contributed by atoms with van der Waals surface area (Å²) in [4.78, 5) is 24.2. The van der Waals surface area contributed by atoms with Gasteiger partial charge in [-0.2, -0.15) is 0 Å². The van der Waals surface area contributed by atoms with Crippen LogP contribution in [0.5, 0.6) is 0 Å². The number of ketones is 1. The summed E-state index contributed by atoms with van der Waals surface area (Å²) in [5, 5.41) is 2.83. The molecule has 0 atom stereocenters. The van der Waals surface area contributed by atoms with E-state index in [1.807, 2.05) is 72.8 Å². The minimum atomic E-state index is -0.208. The van der Waals surface area contributed by atoms with Crippen LogP contribution in [0.25, 0.3) is 12.2 Å². The number of rotatable bonds is 6. The Bertz CT molecular complexity index is 974. The molecule has 0 fully saturated rings. The van der Waals surface area contributed by atoms with Crippen molar-refractivity contribution in [2.75, 3.05) is 5.32 Å². The number of hydrogen-bond donors (Lipinski definition) is 1. The Hall–Kier alpha value is -3.72. The standard InChI is InChI=1S/C24H19NO2/c26-23(21-11-5-2-6-12-21)16-14-20-10-7-13-22(18-20)25-24(27)17-15-19-8-3-1-4-9-19/h1-18H,(H,25,27)/b16-14+,17-15+. The van der Waals surface area contributed by atoms with Gasteiger partial charge in [0.05, 0.1) is 0 Å². The molecule has 3 nitrogen and oxygen atoms in total. The van der Waals surface area contributed by atoms with Crippen molar-refractivity contribution in [2.45, 2.75) is 0 Å². The molecule has 0 heterocycles. The van der Waals surface area contributed by atoms with E-state index in [4.69, 9.17) is 0 Å². The molecule has 132 valence electrons. The molecule has 0 unspecified atom stereocenters. The number of allylic oxidation sites excluding steroid dienone is 1. The number of amides is 1. The van der Waals surface area contributed by atoms with Gasteiger partial charge in [0.25, 0.3) is 0 Å². The predicted octanol–water partition coefficient (Wildman–Crippen LogP) is 5.23. The topological polar surface area (TPSA) is 46.2 Å². The van der Waals surface area contributed by atoms with E-state index < -0.39 is 0 Å². The summed E-state index contributed by atoms with van der Waals surface area (Å²) in [5.74, 6) is -0.267. The first-order chi connectivity index (χ1) is 13.2. The van der Waals surface area contributed by atoms with Crippen LogP contribution in [0.2, 0.25) is 0 Å². The lowest BCUT2D eigenvalue weighted by Crippen LogP contribution is -2.07. The van der Waals surface area contributed by atoms with Crippen molar-refractivity contribution in [3.8, 4) is 0 Å². The monoisotopic (exact) mass is 353 g/mol. The summed E-state index contributed by atoms with van der Waals surface area (Å²) in [6.45, 7) is 0. The molecular formula is C24H19NO2. The van der Waals surface area contributed by atoms with Gasteiger partial charge in [-0.1, -0.05) is 78.9 Å². The molecule has 0 bridgehead atoms. The number of carbonyl (C=O) groups is 2. The number of nitrogens with one attached hydrogen (secondary N) is 1. The molecule has 1 amide bonds. The van der Waals surface area contributed by atoms with Crippen LogP contribution in [0.1, 0.15) is 21.5 Å². The normalized spacial score (nSPS) is 11.0.